The highest BCUT2D eigenvalue weighted by molar-refractivity contribution is 14.1. The summed E-state index contributed by atoms with van der Waals surface area (Å²) < 4.78 is 0.878. The number of anilines is 2. The van der Waals surface area contributed by atoms with E-state index in [-0.39, 0.29) is 12.3 Å². The van der Waals surface area contributed by atoms with Gasteiger partial charge in [-0.3, -0.25) is 4.79 Å². The van der Waals surface area contributed by atoms with Gasteiger partial charge in [-0.15, -0.1) is 0 Å². The van der Waals surface area contributed by atoms with Crippen molar-refractivity contribution in [1.29, 1.82) is 0 Å². The molecule has 0 spiro atoms. The van der Waals surface area contributed by atoms with Crippen LogP contribution in [0.5, 0.6) is 0 Å². The molecule has 1 aliphatic heterocycles. The van der Waals surface area contributed by atoms with Gasteiger partial charge in [-0.1, -0.05) is 35.9 Å². The van der Waals surface area contributed by atoms with Crippen molar-refractivity contribution in [2.45, 2.75) is 18.9 Å². The van der Waals surface area contributed by atoms with Crippen molar-refractivity contribution in [1.82, 2.24) is 0 Å². The molecule has 0 unspecified atom stereocenters. The summed E-state index contributed by atoms with van der Waals surface area (Å²) >= 11 is 8.12. The van der Waals surface area contributed by atoms with Crippen LogP contribution in [0.25, 0.3) is 0 Å². The monoisotopic (exact) mass is 496 g/mol. The summed E-state index contributed by atoms with van der Waals surface area (Å²) in [6.45, 7) is 0.603. The molecule has 7 heteroatoms. The first-order chi connectivity index (χ1) is 13.0. The molecule has 2 N–H and O–H groups in total. The van der Waals surface area contributed by atoms with Gasteiger partial charge in [0.1, 0.15) is 6.04 Å². The minimum absolute atomic E-state index is 0.0670. The van der Waals surface area contributed by atoms with Crippen molar-refractivity contribution in [3.8, 4) is 0 Å². The number of rotatable bonds is 6. The molecule has 140 valence electrons. The van der Waals surface area contributed by atoms with Crippen LogP contribution >= 0.6 is 34.2 Å². The highest BCUT2D eigenvalue weighted by atomic mass is 127. The molecule has 2 aromatic carbocycles. The van der Waals surface area contributed by atoms with Gasteiger partial charge in [-0.2, -0.15) is 0 Å². The second-order valence-electron chi connectivity index (χ2n) is 6.17. The first-order valence-electron chi connectivity index (χ1n) is 8.46. The molecule has 0 bridgehead atoms. The van der Waals surface area contributed by atoms with Gasteiger partial charge in [0.05, 0.1) is 0 Å². The number of carboxylic acid groups (broad SMARTS) is 1. The molecule has 1 amide bonds. The molecule has 0 aromatic heterocycles. The van der Waals surface area contributed by atoms with Gasteiger partial charge in [0.2, 0.25) is 0 Å². The molecule has 2 aromatic rings. The minimum atomic E-state index is -0.979. The topological polar surface area (TPSA) is 69.6 Å². The van der Waals surface area contributed by atoms with Crippen LogP contribution in [-0.2, 0) is 9.59 Å². The zero-order valence-corrected chi connectivity index (χ0v) is 17.3. The van der Waals surface area contributed by atoms with Gasteiger partial charge in [0.25, 0.3) is 5.91 Å². The molecule has 1 saturated heterocycles. The van der Waals surface area contributed by atoms with Gasteiger partial charge in [-0.25, -0.2) is 4.79 Å². The normalized spacial score (nSPS) is 16.6. The Morgan fingerprint density at radius 3 is 2.74 bits per heavy atom. The fraction of sp³-hybridized carbons (Fsp3) is 0.200. The van der Waals surface area contributed by atoms with Crippen molar-refractivity contribution < 1.29 is 14.7 Å². The zero-order chi connectivity index (χ0) is 19.4. The van der Waals surface area contributed by atoms with Crippen LogP contribution in [0, 0.1) is 3.57 Å². The number of para-hydroxylation sites is 1. The van der Waals surface area contributed by atoms with E-state index >= 15 is 0 Å². The predicted octanol–water partition coefficient (Wildman–Crippen LogP) is 4.56. The summed E-state index contributed by atoms with van der Waals surface area (Å²) in [5, 5.41) is 13.1. The first-order valence-corrected chi connectivity index (χ1v) is 9.91. The molecule has 0 radical (unpaired) electrons. The van der Waals surface area contributed by atoms with Gasteiger partial charge < -0.3 is 15.3 Å². The third kappa shape index (κ3) is 4.81. The van der Waals surface area contributed by atoms with Crippen molar-refractivity contribution >= 4 is 57.4 Å². The molecule has 1 aliphatic rings. The zero-order valence-electron chi connectivity index (χ0n) is 14.4. The summed E-state index contributed by atoms with van der Waals surface area (Å²) in [7, 11) is 0. The number of carbonyl (C=O) groups is 2. The summed E-state index contributed by atoms with van der Waals surface area (Å²) in [5.74, 6) is -1.05. The fourth-order valence-corrected chi connectivity index (χ4v) is 3.60. The van der Waals surface area contributed by atoms with Gasteiger partial charge in [-0.05, 0) is 65.8 Å². The SMILES string of the molecule is O=C(O)[C@@H](CC=C1CCN(c2ccccc2)C1=O)Nc1cc(Cl)ccc1I. The maximum atomic E-state index is 12.6. The van der Waals surface area contributed by atoms with Gasteiger partial charge >= 0.3 is 5.97 Å². The Labute approximate surface area is 176 Å². The van der Waals surface area contributed by atoms with Gasteiger partial charge in [0, 0.05) is 32.1 Å². The number of carboxylic acids is 1. The average molecular weight is 497 g/mol. The molecule has 5 nitrogen and oxygen atoms in total. The van der Waals surface area contributed by atoms with E-state index in [1.165, 1.54) is 0 Å². The Morgan fingerprint density at radius 1 is 1.30 bits per heavy atom. The standard InChI is InChI=1S/C20H18ClIN2O3/c21-14-7-8-16(22)18(12-14)23-17(20(26)27)9-6-13-10-11-24(19(13)25)15-4-2-1-3-5-15/h1-8,12,17,23H,9-11H2,(H,26,27)/t17-/m1/s1. The van der Waals surface area contributed by atoms with Crippen LogP contribution < -0.4 is 10.2 Å². The predicted molar refractivity (Wildman–Crippen MR) is 115 cm³/mol. The molecule has 1 fully saturated rings. The smallest absolute Gasteiger partial charge is 0.326 e. The summed E-state index contributed by atoms with van der Waals surface area (Å²) in [4.78, 5) is 26.0. The Kier molecular flexibility index (Phi) is 6.38. The van der Waals surface area contributed by atoms with E-state index in [1.807, 2.05) is 36.4 Å². The average Bonchev–Trinajstić information content (AvgIpc) is 3.02. The molecular weight excluding hydrogens is 479 g/mol. The summed E-state index contributed by atoms with van der Waals surface area (Å²) in [6, 6.07) is 13.9. The van der Waals surface area contributed by atoms with Crippen molar-refractivity contribution in [3.05, 3.63) is 68.8 Å². The van der Waals surface area contributed by atoms with Crippen LogP contribution in [0.3, 0.4) is 0 Å². The van der Waals surface area contributed by atoms with Crippen LogP contribution in [0.15, 0.2) is 60.2 Å². The summed E-state index contributed by atoms with van der Waals surface area (Å²) in [6.07, 6.45) is 2.55. The van der Waals surface area contributed by atoms with E-state index < -0.39 is 12.0 Å². The third-order valence-electron chi connectivity index (χ3n) is 4.35. The molecule has 0 aliphatic carbocycles. The number of benzene rings is 2. The highest BCUT2D eigenvalue weighted by Gasteiger charge is 2.27. The van der Waals surface area contributed by atoms with E-state index in [2.05, 4.69) is 27.9 Å². The lowest BCUT2D eigenvalue weighted by atomic mass is 10.1. The fourth-order valence-electron chi connectivity index (χ4n) is 2.94. The number of nitrogens with zero attached hydrogens (tertiary/aromatic N) is 1. The Hall–Kier alpha value is -2.06. The maximum absolute atomic E-state index is 12.6. The van der Waals surface area contributed by atoms with Crippen molar-refractivity contribution in [3.63, 3.8) is 0 Å². The Morgan fingerprint density at radius 2 is 2.04 bits per heavy atom. The lowest BCUT2D eigenvalue weighted by Crippen LogP contribution is -2.29. The van der Waals surface area contributed by atoms with Gasteiger partial charge in [0.15, 0.2) is 0 Å². The van der Waals surface area contributed by atoms with Crippen molar-refractivity contribution in [2.24, 2.45) is 0 Å². The van der Waals surface area contributed by atoms with E-state index in [9.17, 15) is 14.7 Å². The van der Waals surface area contributed by atoms with E-state index in [0.717, 1.165) is 9.26 Å². The lowest BCUT2D eigenvalue weighted by Gasteiger charge is -2.16. The van der Waals surface area contributed by atoms with E-state index in [4.69, 9.17) is 11.6 Å². The van der Waals surface area contributed by atoms with Crippen LogP contribution in [-0.4, -0.2) is 29.6 Å². The molecule has 1 atom stereocenters. The number of hydrogen-bond donors (Lipinski definition) is 2. The number of amides is 1. The third-order valence-corrected chi connectivity index (χ3v) is 5.52. The quantitative estimate of drug-likeness (QED) is 0.454. The molecule has 1 heterocycles. The Bertz CT molecular complexity index is 886. The highest BCUT2D eigenvalue weighted by Crippen LogP contribution is 2.26. The number of aliphatic carboxylic acids is 1. The second-order valence-corrected chi connectivity index (χ2v) is 7.77. The van der Waals surface area contributed by atoms with E-state index in [0.29, 0.717) is 29.2 Å². The molecule has 27 heavy (non-hydrogen) atoms. The lowest BCUT2D eigenvalue weighted by molar-refractivity contribution is -0.137. The first kappa shape index (κ1) is 19.7. The number of carbonyl (C=O) groups excluding carboxylic acids is 1. The number of halogens is 2. The molecule has 3 rings (SSSR count). The molecule has 0 saturated carbocycles. The van der Waals surface area contributed by atoms with Crippen LogP contribution in [0.4, 0.5) is 11.4 Å². The second kappa shape index (κ2) is 8.75. The molecular formula is C20H18ClIN2O3. The summed E-state index contributed by atoms with van der Waals surface area (Å²) in [5.41, 5.74) is 2.16. The number of nitrogens with one attached hydrogen (secondary N) is 1. The Balaban J connectivity index is 1.71. The van der Waals surface area contributed by atoms with Crippen LogP contribution in [0.1, 0.15) is 12.8 Å². The van der Waals surface area contributed by atoms with E-state index in [1.54, 1.807) is 23.1 Å². The maximum Gasteiger partial charge on any atom is 0.326 e. The number of hydrogen-bond acceptors (Lipinski definition) is 3. The minimum Gasteiger partial charge on any atom is -0.480 e. The van der Waals surface area contributed by atoms with Crippen LogP contribution in [0.2, 0.25) is 5.02 Å². The largest absolute Gasteiger partial charge is 0.480 e. The van der Waals surface area contributed by atoms with Crippen molar-refractivity contribution in [2.75, 3.05) is 16.8 Å².